The fourth-order valence-corrected chi connectivity index (χ4v) is 2.62. The van der Waals surface area contributed by atoms with Gasteiger partial charge in [0.05, 0.1) is 0 Å². The smallest absolute Gasteiger partial charge is 0.143 e. The maximum absolute atomic E-state index is 5.46. The van der Waals surface area contributed by atoms with Gasteiger partial charge < -0.3 is 4.84 Å². The van der Waals surface area contributed by atoms with Crippen LogP contribution >= 0.6 is 0 Å². The molecule has 0 aromatic heterocycles. The zero-order chi connectivity index (χ0) is 10.2. The van der Waals surface area contributed by atoms with E-state index in [0.29, 0.717) is 5.41 Å². The molecule has 2 rings (SSSR count). The standard InChI is InChI=1S/C12H20NO/c1-11(2,3)10-4-6-12(7-5-10)8-9-13-14-12/h10H,4-8H2,1-3H3/t10-,12-. The maximum Gasteiger partial charge on any atom is 0.143 e. The van der Waals surface area contributed by atoms with E-state index in [0.717, 1.165) is 25.2 Å². The monoisotopic (exact) mass is 194 g/mol. The lowest BCUT2D eigenvalue weighted by Gasteiger charge is -2.40. The average Bonchev–Trinajstić information content (AvgIpc) is 2.53. The Kier molecular flexibility index (Phi) is 2.32. The fourth-order valence-electron chi connectivity index (χ4n) is 2.62. The van der Waals surface area contributed by atoms with Crippen molar-refractivity contribution in [3.05, 3.63) is 0 Å². The van der Waals surface area contributed by atoms with Gasteiger partial charge in [-0.2, -0.15) is 0 Å². The molecule has 1 fully saturated rings. The second-order valence-corrected chi connectivity index (χ2v) is 5.84. The third-order valence-corrected chi connectivity index (χ3v) is 3.83. The highest BCUT2D eigenvalue weighted by Crippen LogP contribution is 2.44. The van der Waals surface area contributed by atoms with Gasteiger partial charge in [-0.15, -0.1) is 0 Å². The highest BCUT2D eigenvalue weighted by atomic mass is 16.7. The van der Waals surface area contributed by atoms with Crippen LogP contribution in [-0.2, 0) is 4.84 Å². The van der Waals surface area contributed by atoms with Crippen LogP contribution in [0, 0.1) is 11.3 Å². The summed E-state index contributed by atoms with van der Waals surface area (Å²) in [6.45, 7) is 7.02. The highest BCUT2D eigenvalue weighted by molar-refractivity contribution is 5.59. The van der Waals surface area contributed by atoms with Gasteiger partial charge in [-0.3, -0.25) is 0 Å². The summed E-state index contributed by atoms with van der Waals surface area (Å²) in [5, 5.41) is 3.80. The van der Waals surface area contributed by atoms with Crippen LogP contribution in [0.3, 0.4) is 0 Å². The van der Waals surface area contributed by atoms with Crippen molar-refractivity contribution in [1.82, 2.24) is 0 Å². The number of hydrogen-bond donors (Lipinski definition) is 0. The first kappa shape index (κ1) is 10.0. The largest absolute Gasteiger partial charge is 0.389 e. The quantitative estimate of drug-likeness (QED) is 0.580. The van der Waals surface area contributed by atoms with Gasteiger partial charge in [0, 0.05) is 6.42 Å². The molecule has 14 heavy (non-hydrogen) atoms. The molecule has 1 aliphatic heterocycles. The van der Waals surface area contributed by atoms with Crippen LogP contribution in [0.15, 0.2) is 5.16 Å². The number of rotatable bonds is 0. The predicted molar refractivity (Wildman–Crippen MR) is 57.3 cm³/mol. The van der Waals surface area contributed by atoms with E-state index < -0.39 is 0 Å². The van der Waals surface area contributed by atoms with E-state index in [1.807, 2.05) is 0 Å². The van der Waals surface area contributed by atoms with Gasteiger partial charge in [-0.25, -0.2) is 0 Å². The van der Waals surface area contributed by atoms with Crippen molar-refractivity contribution in [2.24, 2.45) is 16.5 Å². The fraction of sp³-hybridized carbons (Fsp3) is 0.917. The van der Waals surface area contributed by atoms with Gasteiger partial charge in [0.15, 0.2) is 0 Å². The summed E-state index contributed by atoms with van der Waals surface area (Å²) >= 11 is 0. The summed E-state index contributed by atoms with van der Waals surface area (Å²) < 4.78 is 0. The summed E-state index contributed by atoms with van der Waals surface area (Å²) in [4.78, 5) is 5.46. The molecule has 0 aromatic rings. The van der Waals surface area contributed by atoms with E-state index in [1.54, 1.807) is 0 Å². The lowest BCUT2D eigenvalue weighted by Crippen LogP contribution is -2.37. The SMILES string of the molecule is CC(C)(C)[C@H]1CC[C@@]2(C[C]=NO2)CC1. The molecule has 1 radical (unpaired) electrons. The van der Waals surface area contributed by atoms with Crippen LogP contribution in [0.2, 0.25) is 0 Å². The molecule has 0 amide bonds. The molecule has 2 heteroatoms. The molecule has 0 saturated heterocycles. The van der Waals surface area contributed by atoms with E-state index >= 15 is 0 Å². The summed E-state index contributed by atoms with van der Waals surface area (Å²) in [5.41, 5.74) is 0.493. The second-order valence-electron chi connectivity index (χ2n) is 5.84. The van der Waals surface area contributed by atoms with E-state index in [4.69, 9.17) is 4.84 Å². The molecule has 1 spiro atoms. The van der Waals surface area contributed by atoms with Gasteiger partial charge in [0.2, 0.25) is 0 Å². The Hall–Kier alpha value is -0.530. The zero-order valence-corrected chi connectivity index (χ0v) is 9.47. The lowest BCUT2D eigenvalue weighted by atomic mass is 9.68. The number of nitrogens with zero attached hydrogens (tertiary/aromatic N) is 1. The van der Waals surface area contributed by atoms with Crippen LogP contribution in [0.4, 0.5) is 0 Å². The Morgan fingerprint density at radius 3 is 2.36 bits per heavy atom. The van der Waals surface area contributed by atoms with Crippen molar-refractivity contribution in [2.75, 3.05) is 0 Å². The Morgan fingerprint density at radius 1 is 1.29 bits per heavy atom. The second kappa shape index (κ2) is 3.25. The molecule has 79 valence electrons. The molecular formula is C12H20NO. The Morgan fingerprint density at radius 2 is 1.93 bits per heavy atom. The Labute approximate surface area is 86.7 Å². The van der Waals surface area contributed by atoms with Crippen molar-refractivity contribution in [1.29, 1.82) is 0 Å². The molecule has 1 aliphatic carbocycles. The topological polar surface area (TPSA) is 21.6 Å². The third-order valence-electron chi connectivity index (χ3n) is 3.83. The highest BCUT2D eigenvalue weighted by Gasteiger charge is 2.42. The molecule has 0 atom stereocenters. The normalized spacial score (nSPS) is 37.5. The first-order valence-corrected chi connectivity index (χ1v) is 5.63. The lowest BCUT2D eigenvalue weighted by molar-refractivity contribution is -0.0640. The summed E-state index contributed by atoms with van der Waals surface area (Å²) in [5.74, 6) is 0.845. The molecule has 2 nitrogen and oxygen atoms in total. The Balaban J connectivity index is 1.92. The zero-order valence-electron chi connectivity index (χ0n) is 9.47. The van der Waals surface area contributed by atoms with Gasteiger partial charge >= 0.3 is 0 Å². The van der Waals surface area contributed by atoms with Gasteiger partial charge in [0.1, 0.15) is 11.8 Å². The van der Waals surface area contributed by atoms with Crippen molar-refractivity contribution in [3.8, 4) is 0 Å². The minimum Gasteiger partial charge on any atom is -0.389 e. The van der Waals surface area contributed by atoms with Crippen molar-refractivity contribution < 1.29 is 4.84 Å². The third kappa shape index (κ3) is 1.79. The average molecular weight is 194 g/mol. The van der Waals surface area contributed by atoms with Crippen molar-refractivity contribution in [2.45, 2.75) is 58.5 Å². The first-order chi connectivity index (χ1) is 6.52. The van der Waals surface area contributed by atoms with Crippen molar-refractivity contribution >= 4 is 6.21 Å². The molecule has 0 unspecified atom stereocenters. The molecule has 1 heterocycles. The van der Waals surface area contributed by atoms with Crippen LogP contribution < -0.4 is 0 Å². The van der Waals surface area contributed by atoms with Gasteiger partial charge in [-0.05, 0) is 37.0 Å². The molecule has 0 bridgehead atoms. The van der Waals surface area contributed by atoms with E-state index in [-0.39, 0.29) is 5.60 Å². The van der Waals surface area contributed by atoms with Gasteiger partial charge in [-0.1, -0.05) is 25.9 Å². The van der Waals surface area contributed by atoms with Crippen LogP contribution in [0.25, 0.3) is 0 Å². The van der Waals surface area contributed by atoms with Gasteiger partial charge in [0.25, 0.3) is 0 Å². The summed E-state index contributed by atoms with van der Waals surface area (Å²) in [6.07, 6.45) is 8.72. The van der Waals surface area contributed by atoms with Crippen LogP contribution in [0.5, 0.6) is 0 Å². The van der Waals surface area contributed by atoms with E-state index in [2.05, 4.69) is 32.1 Å². The molecular weight excluding hydrogens is 174 g/mol. The van der Waals surface area contributed by atoms with Crippen molar-refractivity contribution in [3.63, 3.8) is 0 Å². The molecule has 2 aliphatic rings. The minimum atomic E-state index is 0.0434. The molecule has 0 aromatic carbocycles. The minimum absolute atomic E-state index is 0.0434. The molecule has 1 saturated carbocycles. The Bertz CT molecular complexity index is 221. The van der Waals surface area contributed by atoms with E-state index in [1.165, 1.54) is 12.8 Å². The first-order valence-electron chi connectivity index (χ1n) is 5.63. The molecule has 0 N–H and O–H groups in total. The van der Waals surface area contributed by atoms with Crippen LogP contribution in [-0.4, -0.2) is 11.8 Å². The summed E-state index contributed by atoms with van der Waals surface area (Å²) in [7, 11) is 0. The van der Waals surface area contributed by atoms with E-state index in [9.17, 15) is 0 Å². The predicted octanol–water partition coefficient (Wildman–Crippen LogP) is 3.24. The van der Waals surface area contributed by atoms with Crippen LogP contribution in [0.1, 0.15) is 52.9 Å². The maximum atomic E-state index is 5.46. The number of hydrogen-bond acceptors (Lipinski definition) is 2. The summed E-state index contributed by atoms with van der Waals surface area (Å²) in [6, 6.07) is 0.